The largest absolute Gasteiger partial charge is 0.508 e. The van der Waals surface area contributed by atoms with Gasteiger partial charge in [-0.1, -0.05) is 113 Å². The summed E-state index contributed by atoms with van der Waals surface area (Å²) in [5.41, 5.74) is -2.40. The molecule has 3 unspecified atom stereocenters. The Labute approximate surface area is 507 Å². The van der Waals surface area contributed by atoms with Crippen LogP contribution in [0.4, 0.5) is 48.7 Å². The molecule has 32 heteroatoms. The van der Waals surface area contributed by atoms with Crippen molar-refractivity contribution in [2.75, 3.05) is 33.5 Å². The van der Waals surface area contributed by atoms with Gasteiger partial charge in [0, 0.05) is 15.4 Å². The summed E-state index contributed by atoms with van der Waals surface area (Å²) >= 11 is 14.2. The predicted molar refractivity (Wildman–Crippen MR) is 287 cm³/mol. The summed E-state index contributed by atoms with van der Waals surface area (Å²) in [5, 5.41) is 17.8. The number of ketones is 1. The lowest BCUT2D eigenvalue weighted by atomic mass is 9.92. The van der Waals surface area contributed by atoms with E-state index in [1.54, 1.807) is 7.11 Å². The smallest absolute Gasteiger partial charge is 0.465 e. The van der Waals surface area contributed by atoms with Gasteiger partial charge < -0.3 is 52.8 Å². The highest BCUT2D eigenvalue weighted by molar-refractivity contribution is 6.63. The van der Waals surface area contributed by atoms with E-state index < -0.39 is 178 Å². The Morgan fingerprint density at radius 3 is 1.42 bits per heavy atom. The number of benzene rings is 3. The monoisotopic (exact) mass is 1320 g/mol. The molecule has 3 aromatic carbocycles. The van der Waals surface area contributed by atoms with Crippen molar-refractivity contribution in [2.24, 2.45) is 10.8 Å². The van der Waals surface area contributed by atoms with Crippen LogP contribution in [0, 0.1) is 69.0 Å². The van der Waals surface area contributed by atoms with Gasteiger partial charge >= 0.3 is 42.0 Å². The molecule has 0 bridgehead atoms. The molecule has 0 amide bonds. The standard InChI is InChI=1S/C13H11F5O5.C12H7F5O5.C8H10O.C7H12O4.C6H8O4.2C3H8.CHCl3.CH4/c1-5(20)22-4-13(2,3-19)12(21)23-11-9(17)7(15)6(14)8(16)10(11)18;1-12(2-20-11(19)21-3-12)10(18)22-9-7(16)5(14)4(13)6(15)8(9)17;1-9-7-8-5-3-2-4-6-8;1-4(8)6(3)11-7(10)5(2)9;1-3-5(7)10-4(2)6(8)9-3;2*1-3-2;2-1(3)4;/h19H,3-4H2,1-2H3;2-3H2,1H3;2-6H,7H2,1H3;5-6,9H,1-3H3;3-4H,1-2H3;2*3H2,1-2H3;1H;1H4/t;;;;3-,4-;;;;/m....1..../s1/i;;;;;1T;;1D;. The van der Waals surface area contributed by atoms with E-state index in [1.807, 2.05) is 37.3 Å². The van der Waals surface area contributed by atoms with Crippen LogP contribution in [-0.2, 0) is 73.3 Å². The molecule has 2 N–H and O–H groups in total. The van der Waals surface area contributed by atoms with Crippen molar-refractivity contribution >= 4 is 82.6 Å². The Bertz CT molecular complexity index is 2640. The molecule has 2 heterocycles. The maximum atomic E-state index is 13.4. The fourth-order valence-corrected chi connectivity index (χ4v) is 4.58. The van der Waals surface area contributed by atoms with Crippen molar-refractivity contribution in [3.8, 4) is 11.5 Å². The summed E-state index contributed by atoms with van der Waals surface area (Å²) in [7, 11) is 1.70. The van der Waals surface area contributed by atoms with E-state index in [2.05, 4.69) is 51.7 Å². The van der Waals surface area contributed by atoms with Crippen LogP contribution in [0.15, 0.2) is 30.3 Å². The van der Waals surface area contributed by atoms with Gasteiger partial charge in [0.15, 0.2) is 28.4 Å². The summed E-state index contributed by atoms with van der Waals surface area (Å²) in [5.74, 6) is -32.4. The number of hydrogen-bond donors (Lipinski definition) is 2. The Hall–Kier alpha value is -6.53. The zero-order valence-corrected chi connectivity index (χ0v) is 49.9. The first-order valence-corrected chi connectivity index (χ1v) is 25.4. The molecule has 0 radical (unpaired) electrons. The van der Waals surface area contributed by atoms with Gasteiger partial charge in [0.05, 0.1) is 14.6 Å². The van der Waals surface area contributed by atoms with Crippen LogP contribution in [0.5, 0.6) is 11.5 Å². The molecule has 19 nitrogen and oxygen atoms in total. The van der Waals surface area contributed by atoms with E-state index in [1.165, 1.54) is 46.6 Å². The number of cyclic esters (lactones) is 4. The zero-order chi connectivity index (χ0) is 68.5. The SMILES string of the molecule is C.CC(=O)C(C)OC(=O)C(C)O.CC(=O)OCC(C)(CO)C(=O)Oc1c(F)c(F)c(F)c(F)c1F.CC1(C(=O)Oc2c(F)c(F)c(F)c(F)c2F)COC(=O)OC1.CCC.COCc1ccccc1.C[C@H]1OC(=O)[C@@H](C)OC1=O.[2H]C(Cl)(Cl)Cl.[3H]CCC. The Kier molecular flexibility index (Phi) is 40.9. The molecule has 2 fully saturated rings. The van der Waals surface area contributed by atoms with Crippen LogP contribution in [0.25, 0.3) is 0 Å². The molecule has 0 aliphatic carbocycles. The Balaban J connectivity index is -0.000000496. The summed E-state index contributed by atoms with van der Waals surface area (Å²) < 4.78 is 183. The minimum absolute atomic E-state index is 0. The first-order chi connectivity index (χ1) is 40.0. The summed E-state index contributed by atoms with van der Waals surface area (Å²) in [4.78, 5) is 87.6. The van der Waals surface area contributed by atoms with Crippen molar-refractivity contribution < 1.29 is 138 Å². The Morgan fingerprint density at radius 1 is 0.744 bits per heavy atom. The van der Waals surface area contributed by atoms with Gasteiger partial charge in [0.25, 0.3) is 0 Å². The predicted octanol–water partition coefficient (Wildman–Crippen LogP) is 11.3. The summed E-state index contributed by atoms with van der Waals surface area (Å²) in [6.07, 6.45) is -2.26. The second-order valence-corrected chi connectivity index (χ2v) is 19.0. The minimum Gasteiger partial charge on any atom is -0.465 e. The topological polar surface area (TPSA) is 260 Å². The second-order valence-electron chi connectivity index (χ2n) is 17.3. The lowest BCUT2D eigenvalue weighted by molar-refractivity contribution is -0.191. The van der Waals surface area contributed by atoms with E-state index in [-0.39, 0.29) is 13.2 Å². The van der Waals surface area contributed by atoms with E-state index in [9.17, 15) is 82.3 Å². The molecule has 86 heavy (non-hydrogen) atoms. The lowest BCUT2D eigenvalue weighted by Crippen LogP contribution is -2.45. The number of aliphatic hydroxyl groups is 2. The molecule has 3 aromatic rings. The second kappa shape index (κ2) is 43.2. The molecule has 2 aliphatic rings. The van der Waals surface area contributed by atoms with Crippen LogP contribution in [0.2, 0.25) is 0 Å². The highest BCUT2D eigenvalue weighted by Gasteiger charge is 2.44. The van der Waals surface area contributed by atoms with E-state index in [0.717, 1.165) is 27.2 Å². The van der Waals surface area contributed by atoms with Gasteiger partial charge in [-0.3, -0.25) is 19.2 Å². The molecular weight excluding hydrogens is 1250 g/mol. The van der Waals surface area contributed by atoms with Gasteiger partial charge in [0.2, 0.25) is 69.7 Å². The molecule has 0 saturated carbocycles. The third-order valence-electron chi connectivity index (χ3n) is 9.28. The number of ether oxygens (including phenoxy) is 9. The van der Waals surface area contributed by atoms with E-state index >= 15 is 0 Å². The molecule has 2 aliphatic heterocycles. The number of carbonyl (C=O) groups is 8. The van der Waals surface area contributed by atoms with Crippen molar-refractivity contribution in [2.45, 2.75) is 139 Å². The number of halogens is 13. The van der Waals surface area contributed by atoms with Gasteiger partial charge in [0.1, 0.15) is 36.8 Å². The van der Waals surface area contributed by atoms with Crippen LogP contribution in [0.1, 0.15) is 112 Å². The number of methoxy groups -OCH3 is 1. The van der Waals surface area contributed by atoms with Crippen LogP contribution in [-0.4, -0.2) is 120 Å². The number of carbonyl (C=O) groups excluding carboxylic acids is 8. The highest BCUT2D eigenvalue weighted by Crippen LogP contribution is 2.33. The average molecular weight is 1320 g/mol. The van der Waals surface area contributed by atoms with Gasteiger partial charge in [-0.05, 0) is 54.0 Å². The molecule has 0 spiro atoms. The van der Waals surface area contributed by atoms with Crippen molar-refractivity contribution in [1.82, 2.24) is 0 Å². The first-order valence-electron chi connectivity index (χ1n) is 25.4. The summed E-state index contributed by atoms with van der Waals surface area (Å²) in [6.45, 7) is 14.9. The van der Waals surface area contributed by atoms with Gasteiger partial charge in [-0.15, -0.1) is 0 Å². The third kappa shape index (κ3) is 30.7. The van der Waals surface area contributed by atoms with Gasteiger partial charge in [-0.2, -0.15) is 17.6 Å². The van der Waals surface area contributed by atoms with E-state index in [4.69, 9.17) is 52.5 Å². The van der Waals surface area contributed by atoms with Crippen molar-refractivity contribution in [3.05, 3.63) is 94.1 Å². The van der Waals surface area contributed by atoms with Gasteiger partial charge in [-0.25, -0.2) is 45.5 Å². The molecular formula is C54H69Cl3F10O19. The highest BCUT2D eigenvalue weighted by atomic mass is 35.6. The molecule has 0 aromatic heterocycles. The molecule has 5 rings (SSSR count). The first kappa shape index (κ1) is 81.5. The van der Waals surface area contributed by atoms with Crippen molar-refractivity contribution in [3.63, 3.8) is 0 Å². The average Bonchev–Trinajstić information content (AvgIpc) is 2.42. The molecule has 2 saturated heterocycles. The normalized spacial score (nSPS) is 15.9. The third-order valence-corrected chi connectivity index (χ3v) is 9.28. The van der Waals surface area contributed by atoms with Crippen LogP contribution < -0.4 is 9.47 Å². The zero-order valence-electron chi connectivity index (χ0n) is 49.6. The number of rotatable bonds is 12. The molecule has 5 atom stereocenters. The fourth-order valence-electron chi connectivity index (χ4n) is 4.58. The Morgan fingerprint density at radius 2 is 1.10 bits per heavy atom. The van der Waals surface area contributed by atoms with Crippen molar-refractivity contribution in [1.29, 1.82) is 0 Å². The number of Topliss-reactive ketones (excluding diaryl/α,β-unsaturated/α-hetero) is 1. The van der Waals surface area contributed by atoms with Crippen LogP contribution in [0.3, 0.4) is 0 Å². The number of alkyl halides is 3. The van der Waals surface area contributed by atoms with E-state index in [0.29, 0.717) is 13.5 Å². The fraction of sp³-hybridized carbons (Fsp3) is 0.519. The summed E-state index contributed by atoms with van der Waals surface area (Å²) in [6, 6.07) is 10.1. The van der Waals surface area contributed by atoms with Crippen LogP contribution >= 0.6 is 34.8 Å². The maximum absolute atomic E-state index is 13.4. The quantitative estimate of drug-likeness (QED) is 0.0325. The lowest BCUT2D eigenvalue weighted by Gasteiger charge is -2.29. The minimum atomic E-state index is -2.41. The number of aliphatic hydroxyl groups excluding tert-OH is 2. The maximum Gasteiger partial charge on any atom is 0.508 e. The number of hydrogen-bond acceptors (Lipinski definition) is 19. The number of esters is 6. The molecule has 490 valence electrons.